The molecular formula is C10H21N5O2. The molecule has 0 amide bonds. The summed E-state index contributed by atoms with van der Waals surface area (Å²) in [4.78, 5) is 0. The van der Waals surface area contributed by atoms with Crippen LogP contribution in [0.25, 0.3) is 0 Å². The van der Waals surface area contributed by atoms with Gasteiger partial charge in [-0.1, -0.05) is 5.21 Å². The average Bonchev–Trinajstić information content (AvgIpc) is 2.81. The first-order chi connectivity index (χ1) is 8.30. The maximum absolute atomic E-state index is 5.45. The molecule has 1 atom stereocenters. The lowest BCUT2D eigenvalue weighted by molar-refractivity contribution is 0.0289. The first-order valence-electron chi connectivity index (χ1n) is 5.61. The van der Waals surface area contributed by atoms with Gasteiger partial charge in [0.15, 0.2) is 0 Å². The summed E-state index contributed by atoms with van der Waals surface area (Å²) in [6.07, 6.45) is 1.93. The second kappa shape index (κ2) is 8.13. The van der Waals surface area contributed by atoms with Gasteiger partial charge in [-0.3, -0.25) is 4.68 Å². The van der Waals surface area contributed by atoms with Crippen LogP contribution in [0.2, 0.25) is 0 Å². The van der Waals surface area contributed by atoms with Crippen molar-refractivity contribution < 1.29 is 9.47 Å². The molecule has 3 N–H and O–H groups in total. The number of hydrogen-bond donors (Lipinski definition) is 2. The van der Waals surface area contributed by atoms with E-state index in [1.807, 2.05) is 6.20 Å². The normalized spacial score (nSPS) is 12.9. The van der Waals surface area contributed by atoms with Crippen LogP contribution < -0.4 is 11.1 Å². The standard InChI is InChI=1S/C10H21N5O2/c1-16-8-10(17-2)6-12-3-4-15-7-9(5-11)13-14-15/h7,10,12H,3-6,8,11H2,1-2H3. The van der Waals surface area contributed by atoms with Crippen LogP contribution in [0.15, 0.2) is 6.20 Å². The average molecular weight is 243 g/mol. The van der Waals surface area contributed by atoms with Crippen LogP contribution in [0.4, 0.5) is 0 Å². The lowest BCUT2D eigenvalue weighted by atomic mass is 10.3. The monoisotopic (exact) mass is 243 g/mol. The van der Waals surface area contributed by atoms with Gasteiger partial charge < -0.3 is 20.5 Å². The van der Waals surface area contributed by atoms with Gasteiger partial charge in [0.2, 0.25) is 0 Å². The van der Waals surface area contributed by atoms with E-state index in [4.69, 9.17) is 15.2 Å². The Balaban J connectivity index is 2.14. The minimum atomic E-state index is 0.0790. The number of hydrogen-bond acceptors (Lipinski definition) is 6. The first-order valence-corrected chi connectivity index (χ1v) is 5.61. The van der Waals surface area contributed by atoms with Crippen molar-refractivity contribution in [1.82, 2.24) is 20.3 Å². The third-order valence-electron chi connectivity index (χ3n) is 2.37. The van der Waals surface area contributed by atoms with Gasteiger partial charge in [-0.05, 0) is 0 Å². The van der Waals surface area contributed by atoms with Crippen molar-refractivity contribution in [3.8, 4) is 0 Å². The zero-order valence-corrected chi connectivity index (χ0v) is 10.4. The molecule has 0 aliphatic carbocycles. The highest BCUT2D eigenvalue weighted by Crippen LogP contribution is 1.91. The van der Waals surface area contributed by atoms with Gasteiger partial charge >= 0.3 is 0 Å². The lowest BCUT2D eigenvalue weighted by Crippen LogP contribution is -2.33. The summed E-state index contributed by atoms with van der Waals surface area (Å²) >= 11 is 0. The molecule has 0 aliphatic rings. The second-order valence-electron chi connectivity index (χ2n) is 3.69. The molecule has 0 aliphatic heterocycles. The number of nitrogens with zero attached hydrogens (tertiary/aromatic N) is 3. The largest absolute Gasteiger partial charge is 0.382 e. The number of aromatic nitrogens is 3. The number of rotatable bonds is 9. The highest BCUT2D eigenvalue weighted by Gasteiger charge is 2.05. The fraction of sp³-hybridized carbons (Fsp3) is 0.800. The van der Waals surface area contributed by atoms with Crippen molar-refractivity contribution >= 4 is 0 Å². The maximum Gasteiger partial charge on any atom is 0.0962 e. The molecule has 0 fully saturated rings. The molecule has 7 nitrogen and oxygen atoms in total. The molecular weight excluding hydrogens is 222 g/mol. The zero-order chi connectivity index (χ0) is 12.5. The van der Waals surface area contributed by atoms with E-state index in [9.17, 15) is 0 Å². The van der Waals surface area contributed by atoms with Crippen LogP contribution in [0.3, 0.4) is 0 Å². The van der Waals surface area contributed by atoms with Crippen molar-refractivity contribution in [2.24, 2.45) is 5.73 Å². The summed E-state index contributed by atoms with van der Waals surface area (Å²) in [7, 11) is 3.34. The van der Waals surface area contributed by atoms with Gasteiger partial charge in [0.05, 0.1) is 24.9 Å². The summed E-state index contributed by atoms with van der Waals surface area (Å²) in [6, 6.07) is 0. The molecule has 1 aromatic rings. The van der Waals surface area contributed by atoms with Crippen LogP contribution in [-0.2, 0) is 22.6 Å². The molecule has 0 spiro atoms. The number of methoxy groups -OCH3 is 2. The second-order valence-corrected chi connectivity index (χ2v) is 3.69. The summed E-state index contributed by atoms with van der Waals surface area (Å²) < 4.78 is 12.0. The minimum Gasteiger partial charge on any atom is -0.382 e. The molecule has 1 aromatic heterocycles. The predicted octanol–water partition coefficient (Wildman–Crippen LogP) is -1.01. The van der Waals surface area contributed by atoms with Gasteiger partial charge in [0.1, 0.15) is 0 Å². The Morgan fingerprint density at radius 2 is 2.35 bits per heavy atom. The third-order valence-corrected chi connectivity index (χ3v) is 2.37. The van der Waals surface area contributed by atoms with Crippen LogP contribution >= 0.6 is 0 Å². The van der Waals surface area contributed by atoms with E-state index >= 15 is 0 Å². The van der Waals surface area contributed by atoms with Crippen LogP contribution in [-0.4, -0.2) is 55.0 Å². The Kier molecular flexibility index (Phi) is 6.71. The highest BCUT2D eigenvalue weighted by atomic mass is 16.5. The molecule has 1 unspecified atom stereocenters. The number of nitrogens with one attached hydrogen (secondary N) is 1. The lowest BCUT2D eigenvalue weighted by Gasteiger charge is -2.14. The quantitative estimate of drug-likeness (QED) is 0.540. The maximum atomic E-state index is 5.45. The van der Waals surface area contributed by atoms with E-state index < -0.39 is 0 Å². The molecule has 1 rings (SSSR count). The summed E-state index contributed by atoms with van der Waals surface area (Å²) in [5, 5.41) is 11.1. The van der Waals surface area contributed by atoms with E-state index in [0.717, 1.165) is 25.3 Å². The van der Waals surface area contributed by atoms with Crippen molar-refractivity contribution in [1.29, 1.82) is 0 Å². The molecule has 0 aromatic carbocycles. The molecule has 0 bridgehead atoms. The van der Waals surface area contributed by atoms with Gasteiger partial charge in [0.25, 0.3) is 0 Å². The summed E-state index contributed by atoms with van der Waals surface area (Å²) in [5.74, 6) is 0. The Morgan fingerprint density at radius 3 is 2.94 bits per heavy atom. The molecule has 1 heterocycles. The molecule has 17 heavy (non-hydrogen) atoms. The smallest absolute Gasteiger partial charge is 0.0962 e. The van der Waals surface area contributed by atoms with E-state index in [0.29, 0.717) is 13.2 Å². The third kappa shape index (κ3) is 5.22. The fourth-order valence-electron chi connectivity index (χ4n) is 1.39. The minimum absolute atomic E-state index is 0.0790. The predicted molar refractivity (Wildman–Crippen MR) is 63.5 cm³/mol. The first kappa shape index (κ1) is 14.0. The fourth-order valence-corrected chi connectivity index (χ4v) is 1.39. The van der Waals surface area contributed by atoms with Crippen molar-refractivity contribution in [3.05, 3.63) is 11.9 Å². The van der Waals surface area contributed by atoms with Crippen LogP contribution in [0.1, 0.15) is 5.69 Å². The topological polar surface area (TPSA) is 87.2 Å². The summed E-state index contributed by atoms with van der Waals surface area (Å²) in [5.41, 5.74) is 6.25. The molecule has 98 valence electrons. The SMILES string of the molecule is COCC(CNCCn1cc(CN)nn1)OC. The van der Waals surface area contributed by atoms with Gasteiger partial charge in [-0.15, -0.1) is 5.10 Å². The van der Waals surface area contributed by atoms with Crippen LogP contribution in [0, 0.1) is 0 Å². The van der Waals surface area contributed by atoms with E-state index in [-0.39, 0.29) is 6.10 Å². The van der Waals surface area contributed by atoms with Gasteiger partial charge in [0, 0.05) is 40.1 Å². The Hall–Kier alpha value is -1.02. The van der Waals surface area contributed by atoms with Gasteiger partial charge in [-0.25, -0.2) is 0 Å². The van der Waals surface area contributed by atoms with Crippen molar-refractivity contribution in [2.45, 2.75) is 19.2 Å². The number of nitrogens with two attached hydrogens (primary N) is 1. The van der Waals surface area contributed by atoms with E-state index in [2.05, 4.69) is 15.6 Å². The Bertz CT molecular complexity index is 305. The Labute approximate surface area is 101 Å². The highest BCUT2D eigenvalue weighted by molar-refractivity contribution is 4.90. The molecule has 0 saturated carbocycles. The zero-order valence-electron chi connectivity index (χ0n) is 10.4. The molecule has 0 saturated heterocycles. The van der Waals surface area contributed by atoms with E-state index in [1.54, 1.807) is 18.9 Å². The Morgan fingerprint density at radius 1 is 1.53 bits per heavy atom. The van der Waals surface area contributed by atoms with Gasteiger partial charge in [-0.2, -0.15) is 0 Å². The van der Waals surface area contributed by atoms with Crippen molar-refractivity contribution in [3.63, 3.8) is 0 Å². The number of ether oxygens (including phenoxy) is 2. The molecule has 7 heteroatoms. The van der Waals surface area contributed by atoms with Crippen molar-refractivity contribution in [2.75, 3.05) is 33.9 Å². The molecule has 0 radical (unpaired) electrons. The summed E-state index contributed by atoms with van der Waals surface area (Å²) in [6.45, 7) is 3.33. The van der Waals surface area contributed by atoms with E-state index in [1.165, 1.54) is 0 Å². The van der Waals surface area contributed by atoms with Crippen LogP contribution in [0.5, 0.6) is 0 Å².